The highest BCUT2D eigenvalue weighted by atomic mass is 32.2. The Morgan fingerprint density at radius 3 is 2.45 bits per heavy atom. The fourth-order valence-electron chi connectivity index (χ4n) is 3.99. The third-order valence-corrected chi connectivity index (χ3v) is 8.23. The molecular formula is C20H24FN3O3S2. The molecule has 3 heterocycles. The van der Waals surface area contributed by atoms with Gasteiger partial charge < -0.3 is 4.90 Å². The number of nitrogens with zero attached hydrogens (tertiary/aromatic N) is 3. The fourth-order valence-corrected chi connectivity index (χ4v) is 6.31. The summed E-state index contributed by atoms with van der Waals surface area (Å²) in [6.45, 7) is 3.94. The number of carbonyl (C=O) groups excluding carboxylic acids is 1. The van der Waals surface area contributed by atoms with Gasteiger partial charge in [-0.15, -0.1) is 0 Å². The first-order valence-electron chi connectivity index (χ1n) is 9.75. The summed E-state index contributed by atoms with van der Waals surface area (Å²) in [5.74, 6) is -0.610. The van der Waals surface area contributed by atoms with Gasteiger partial charge in [0.15, 0.2) is 0 Å². The van der Waals surface area contributed by atoms with Crippen LogP contribution in [0.3, 0.4) is 0 Å². The van der Waals surface area contributed by atoms with Crippen LogP contribution in [-0.4, -0.2) is 67.2 Å². The summed E-state index contributed by atoms with van der Waals surface area (Å²) in [6, 6.07) is 6.22. The Kier molecular flexibility index (Phi) is 6.00. The summed E-state index contributed by atoms with van der Waals surface area (Å²) >= 11 is 1.68. The van der Waals surface area contributed by atoms with E-state index in [9.17, 15) is 17.6 Å². The number of carbonyl (C=O) groups is 1. The number of hydrogen-bond donors (Lipinski definition) is 0. The highest BCUT2D eigenvalue weighted by Gasteiger charge is 2.41. The number of sulfonamides is 1. The second kappa shape index (κ2) is 8.51. The van der Waals surface area contributed by atoms with Crippen LogP contribution in [0.2, 0.25) is 0 Å². The number of hydrogen-bond acceptors (Lipinski definition) is 5. The topological polar surface area (TPSA) is 60.9 Å². The van der Waals surface area contributed by atoms with E-state index in [1.807, 2.05) is 0 Å². The maximum atomic E-state index is 13.2. The number of piperazine rings is 1. The normalized spacial score (nSPS) is 21.6. The van der Waals surface area contributed by atoms with E-state index < -0.39 is 21.9 Å². The summed E-state index contributed by atoms with van der Waals surface area (Å²) in [6.07, 6.45) is 1.17. The summed E-state index contributed by atoms with van der Waals surface area (Å²) in [4.78, 5) is 17.2. The van der Waals surface area contributed by atoms with E-state index in [4.69, 9.17) is 0 Å². The molecule has 1 amide bonds. The lowest BCUT2D eigenvalue weighted by Gasteiger charge is -2.37. The van der Waals surface area contributed by atoms with Gasteiger partial charge in [0.25, 0.3) is 0 Å². The minimum absolute atomic E-state index is 0.0270. The van der Waals surface area contributed by atoms with Crippen molar-refractivity contribution in [2.24, 2.45) is 0 Å². The van der Waals surface area contributed by atoms with E-state index in [1.54, 1.807) is 16.2 Å². The van der Waals surface area contributed by atoms with Crippen LogP contribution in [0, 0.1) is 5.82 Å². The van der Waals surface area contributed by atoms with Crippen LogP contribution in [0.4, 0.5) is 4.39 Å². The summed E-state index contributed by atoms with van der Waals surface area (Å²) in [5, 5.41) is 4.19. The molecule has 1 aromatic carbocycles. The molecule has 4 rings (SSSR count). The average molecular weight is 438 g/mol. The summed E-state index contributed by atoms with van der Waals surface area (Å²) in [7, 11) is -3.82. The number of benzene rings is 1. The molecule has 29 heavy (non-hydrogen) atoms. The number of halogens is 1. The molecule has 1 atom stereocenters. The van der Waals surface area contributed by atoms with Gasteiger partial charge in [-0.25, -0.2) is 12.8 Å². The molecule has 1 aromatic heterocycles. The molecule has 156 valence electrons. The van der Waals surface area contributed by atoms with Gasteiger partial charge in [0.05, 0.1) is 4.90 Å². The maximum absolute atomic E-state index is 13.2. The van der Waals surface area contributed by atoms with Gasteiger partial charge in [-0.3, -0.25) is 9.69 Å². The standard InChI is InChI=1S/C20H24FN3O3S2/c21-17-3-5-18(6-4-17)29(26,27)24-8-1-2-19(24)20(25)23-11-9-22(10-12-23)14-16-7-13-28-15-16/h3-7,13,15,19H,1-2,8-12,14H2. The van der Waals surface area contributed by atoms with Gasteiger partial charge in [-0.2, -0.15) is 15.6 Å². The minimum atomic E-state index is -3.82. The second-order valence-electron chi connectivity index (χ2n) is 7.46. The van der Waals surface area contributed by atoms with E-state index in [0.717, 1.165) is 31.8 Å². The van der Waals surface area contributed by atoms with Crippen molar-refractivity contribution in [1.82, 2.24) is 14.1 Å². The van der Waals surface area contributed by atoms with Gasteiger partial charge in [0.1, 0.15) is 11.9 Å². The van der Waals surface area contributed by atoms with Crippen molar-refractivity contribution >= 4 is 27.3 Å². The Balaban J connectivity index is 1.41. The van der Waals surface area contributed by atoms with E-state index in [0.29, 0.717) is 32.5 Å². The molecule has 0 radical (unpaired) electrons. The highest BCUT2D eigenvalue weighted by Crippen LogP contribution is 2.28. The van der Waals surface area contributed by atoms with Crippen LogP contribution < -0.4 is 0 Å². The molecule has 2 aliphatic rings. The second-order valence-corrected chi connectivity index (χ2v) is 10.1. The van der Waals surface area contributed by atoms with Gasteiger partial charge in [-0.05, 0) is 59.5 Å². The van der Waals surface area contributed by atoms with Crippen LogP contribution >= 0.6 is 11.3 Å². The van der Waals surface area contributed by atoms with E-state index in [1.165, 1.54) is 22.0 Å². The van der Waals surface area contributed by atoms with Crippen molar-refractivity contribution in [3.8, 4) is 0 Å². The molecule has 6 nitrogen and oxygen atoms in total. The van der Waals surface area contributed by atoms with Crippen molar-refractivity contribution < 1.29 is 17.6 Å². The van der Waals surface area contributed by atoms with Crippen molar-refractivity contribution in [1.29, 1.82) is 0 Å². The molecule has 1 unspecified atom stereocenters. The maximum Gasteiger partial charge on any atom is 0.243 e. The fraction of sp³-hybridized carbons (Fsp3) is 0.450. The zero-order valence-corrected chi connectivity index (χ0v) is 17.7. The molecule has 2 fully saturated rings. The number of thiophene rings is 1. The van der Waals surface area contributed by atoms with Crippen LogP contribution in [-0.2, 0) is 21.4 Å². The van der Waals surface area contributed by atoms with E-state index >= 15 is 0 Å². The predicted octanol–water partition coefficient (Wildman–Crippen LogP) is 2.38. The monoisotopic (exact) mass is 437 g/mol. The van der Waals surface area contributed by atoms with Crippen molar-refractivity contribution in [2.45, 2.75) is 30.3 Å². The molecule has 0 N–H and O–H groups in total. The third kappa shape index (κ3) is 4.37. The molecule has 2 aliphatic heterocycles. The van der Waals surface area contributed by atoms with Crippen molar-refractivity contribution in [3.63, 3.8) is 0 Å². The Morgan fingerprint density at radius 1 is 1.07 bits per heavy atom. The predicted molar refractivity (Wildman–Crippen MR) is 109 cm³/mol. The number of amides is 1. The molecule has 2 aromatic rings. The van der Waals surface area contributed by atoms with Crippen LogP contribution in [0.15, 0.2) is 46.0 Å². The number of rotatable bonds is 5. The zero-order valence-electron chi connectivity index (χ0n) is 16.0. The average Bonchev–Trinajstić information content (AvgIpc) is 3.41. The van der Waals surface area contributed by atoms with Crippen LogP contribution in [0.1, 0.15) is 18.4 Å². The SMILES string of the molecule is O=C(C1CCCN1S(=O)(=O)c1ccc(F)cc1)N1CCN(Cc2ccsc2)CC1. The first kappa shape index (κ1) is 20.5. The minimum Gasteiger partial charge on any atom is -0.339 e. The molecule has 0 bridgehead atoms. The van der Waals surface area contributed by atoms with Crippen LogP contribution in [0.5, 0.6) is 0 Å². The summed E-state index contributed by atoms with van der Waals surface area (Å²) < 4.78 is 40.5. The molecule has 9 heteroatoms. The molecule has 2 saturated heterocycles. The Hall–Kier alpha value is -1.81. The van der Waals surface area contributed by atoms with Gasteiger partial charge in [0, 0.05) is 39.3 Å². The van der Waals surface area contributed by atoms with E-state index in [-0.39, 0.29) is 10.8 Å². The largest absolute Gasteiger partial charge is 0.339 e. The quantitative estimate of drug-likeness (QED) is 0.721. The zero-order chi connectivity index (χ0) is 20.4. The first-order chi connectivity index (χ1) is 13.9. The Labute approximate surface area is 174 Å². The lowest BCUT2D eigenvalue weighted by Crippen LogP contribution is -2.54. The van der Waals surface area contributed by atoms with Gasteiger partial charge >= 0.3 is 0 Å². The lowest BCUT2D eigenvalue weighted by atomic mass is 10.2. The van der Waals surface area contributed by atoms with Crippen molar-refractivity contribution in [3.05, 3.63) is 52.5 Å². The molecular weight excluding hydrogens is 413 g/mol. The molecule has 0 saturated carbocycles. The highest BCUT2D eigenvalue weighted by molar-refractivity contribution is 7.89. The first-order valence-corrected chi connectivity index (χ1v) is 12.1. The van der Waals surface area contributed by atoms with E-state index in [2.05, 4.69) is 21.7 Å². The Bertz CT molecular complexity index is 940. The smallest absolute Gasteiger partial charge is 0.243 e. The lowest BCUT2D eigenvalue weighted by molar-refractivity contribution is -0.136. The third-order valence-electron chi connectivity index (χ3n) is 5.58. The van der Waals surface area contributed by atoms with Crippen molar-refractivity contribution in [2.75, 3.05) is 32.7 Å². The Morgan fingerprint density at radius 2 is 1.79 bits per heavy atom. The van der Waals surface area contributed by atoms with Gasteiger partial charge in [-0.1, -0.05) is 0 Å². The molecule has 0 spiro atoms. The molecule has 0 aliphatic carbocycles. The van der Waals surface area contributed by atoms with Crippen LogP contribution in [0.25, 0.3) is 0 Å². The summed E-state index contributed by atoms with van der Waals surface area (Å²) in [5.41, 5.74) is 1.28. The van der Waals surface area contributed by atoms with Gasteiger partial charge in [0.2, 0.25) is 15.9 Å².